The summed E-state index contributed by atoms with van der Waals surface area (Å²) in [5.41, 5.74) is 1.12. The van der Waals surface area contributed by atoms with Crippen LogP contribution in [0.15, 0.2) is 29.2 Å². The average Bonchev–Trinajstić information content (AvgIpc) is 2.73. The fraction of sp³-hybridized carbons (Fsp3) is 0.682. The number of benzene rings is 1. The van der Waals surface area contributed by atoms with Crippen LogP contribution in [0.5, 0.6) is 0 Å². The van der Waals surface area contributed by atoms with Gasteiger partial charge in [0.05, 0.1) is 4.90 Å². The molecule has 7 heteroatoms. The monoisotopic (exact) mass is 423 g/mol. The molecule has 0 radical (unpaired) electrons. The van der Waals surface area contributed by atoms with E-state index in [1.54, 1.807) is 12.1 Å². The Kier molecular flexibility index (Phi) is 8.67. The van der Waals surface area contributed by atoms with Crippen LogP contribution in [0.2, 0.25) is 0 Å². The Hall–Kier alpha value is -1.44. The van der Waals surface area contributed by atoms with Gasteiger partial charge in [-0.05, 0) is 56.5 Å². The zero-order valence-electron chi connectivity index (χ0n) is 18.5. The molecule has 1 aliphatic rings. The largest absolute Gasteiger partial charge is 0.354 e. The number of likely N-dealkylation sites (N-methyl/N-ethyl adjacent to an activating group) is 1. The van der Waals surface area contributed by atoms with Gasteiger partial charge in [0, 0.05) is 31.6 Å². The standard InChI is InChI=1S/C22H37N3O3S/c1-6-24(7-2)18(5)16-23-22(26)20-12-14-25(15-13-20)29(27,28)21-10-8-19(9-11-21)17(3)4/h8-11,17-18,20H,6-7,12-16H2,1-5H3,(H,23,26). The quantitative estimate of drug-likeness (QED) is 0.663. The first-order valence-electron chi connectivity index (χ1n) is 10.8. The molecule has 29 heavy (non-hydrogen) atoms. The van der Waals surface area contributed by atoms with Gasteiger partial charge < -0.3 is 5.32 Å². The van der Waals surface area contributed by atoms with Crippen LogP contribution in [0, 0.1) is 5.92 Å². The molecular weight excluding hydrogens is 386 g/mol. The number of carbonyl (C=O) groups is 1. The molecule has 1 aromatic carbocycles. The SMILES string of the molecule is CCN(CC)C(C)CNC(=O)C1CCN(S(=O)(=O)c2ccc(C(C)C)cc2)CC1. The van der Waals surface area contributed by atoms with Gasteiger partial charge in [-0.15, -0.1) is 0 Å². The lowest BCUT2D eigenvalue weighted by atomic mass is 9.97. The summed E-state index contributed by atoms with van der Waals surface area (Å²) in [6.07, 6.45) is 1.13. The minimum absolute atomic E-state index is 0.0438. The molecule has 1 aliphatic heterocycles. The van der Waals surface area contributed by atoms with E-state index in [4.69, 9.17) is 0 Å². The number of rotatable bonds is 9. The molecule has 1 amide bonds. The zero-order valence-corrected chi connectivity index (χ0v) is 19.3. The van der Waals surface area contributed by atoms with Gasteiger partial charge in [-0.2, -0.15) is 4.31 Å². The predicted molar refractivity (Wildman–Crippen MR) is 117 cm³/mol. The molecule has 0 spiro atoms. The maximum atomic E-state index is 12.9. The van der Waals surface area contributed by atoms with E-state index in [0.717, 1.165) is 18.7 Å². The summed E-state index contributed by atoms with van der Waals surface area (Å²) in [6.45, 7) is 13.8. The number of carbonyl (C=O) groups excluding carboxylic acids is 1. The van der Waals surface area contributed by atoms with Crippen LogP contribution in [-0.2, 0) is 14.8 Å². The van der Waals surface area contributed by atoms with Crippen molar-refractivity contribution in [2.45, 2.75) is 64.3 Å². The Balaban J connectivity index is 1.89. The zero-order chi connectivity index (χ0) is 21.6. The molecule has 6 nitrogen and oxygen atoms in total. The van der Waals surface area contributed by atoms with E-state index in [1.165, 1.54) is 4.31 Å². The Bertz CT molecular complexity index is 750. The van der Waals surface area contributed by atoms with Crippen LogP contribution in [-0.4, -0.2) is 62.3 Å². The molecule has 0 saturated carbocycles. The van der Waals surface area contributed by atoms with E-state index < -0.39 is 10.0 Å². The lowest BCUT2D eigenvalue weighted by Gasteiger charge is -2.31. The number of amides is 1. The highest BCUT2D eigenvalue weighted by Crippen LogP contribution is 2.25. The summed E-state index contributed by atoms with van der Waals surface area (Å²) >= 11 is 0. The van der Waals surface area contributed by atoms with Crippen molar-refractivity contribution < 1.29 is 13.2 Å². The summed E-state index contributed by atoms with van der Waals surface area (Å²) in [6, 6.07) is 7.45. The second kappa shape index (κ2) is 10.5. The Morgan fingerprint density at radius 1 is 1.10 bits per heavy atom. The van der Waals surface area contributed by atoms with Gasteiger partial charge in [-0.1, -0.05) is 39.8 Å². The van der Waals surface area contributed by atoms with Crippen LogP contribution in [0.3, 0.4) is 0 Å². The summed E-state index contributed by atoms with van der Waals surface area (Å²) in [4.78, 5) is 15.2. The number of nitrogens with one attached hydrogen (secondary N) is 1. The lowest BCUT2D eigenvalue weighted by Crippen LogP contribution is -2.46. The van der Waals surface area contributed by atoms with E-state index >= 15 is 0 Å². The smallest absolute Gasteiger partial charge is 0.243 e. The number of nitrogens with zero attached hydrogens (tertiary/aromatic N) is 2. The number of sulfonamides is 1. The minimum atomic E-state index is -3.50. The van der Waals surface area contributed by atoms with Crippen molar-refractivity contribution in [2.24, 2.45) is 5.92 Å². The molecule has 1 N–H and O–H groups in total. The van der Waals surface area contributed by atoms with E-state index in [0.29, 0.717) is 49.3 Å². The summed E-state index contributed by atoms with van der Waals surface area (Å²) in [5, 5.41) is 3.05. The summed E-state index contributed by atoms with van der Waals surface area (Å²) < 4.78 is 27.4. The van der Waals surface area contributed by atoms with Crippen LogP contribution < -0.4 is 5.32 Å². The van der Waals surface area contributed by atoms with Gasteiger partial charge in [0.25, 0.3) is 0 Å². The first-order valence-corrected chi connectivity index (χ1v) is 12.3. The third kappa shape index (κ3) is 6.03. The van der Waals surface area contributed by atoms with E-state index in [1.807, 2.05) is 12.1 Å². The van der Waals surface area contributed by atoms with E-state index in [9.17, 15) is 13.2 Å². The van der Waals surface area contributed by atoms with Crippen LogP contribution in [0.4, 0.5) is 0 Å². The molecule has 2 rings (SSSR count). The molecule has 164 valence electrons. The topological polar surface area (TPSA) is 69.7 Å². The highest BCUT2D eigenvalue weighted by atomic mass is 32.2. The maximum absolute atomic E-state index is 12.9. The second-order valence-electron chi connectivity index (χ2n) is 8.22. The first-order chi connectivity index (χ1) is 13.7. The Morgan fingerprint density at radius 2 is 1.66 bits per heavy atom. The molecule has 1 aromatic rings. The van der Waals surface area contributed by atoms with Crippen molar-refractivity contribution >= 4 is 15.9 Å². The van der Waals surface area contributed by atoms with Crippen molar-refractivity contribution in [1.82, 2.24) is 14.5 Å². The van der Waals surface area contributed by atoms with Gasteiger partial charge in [0.2, 0.25) is 15.9 Å². The highest BCUT2D eigenvalue weighted by Gasteiger charge is 2.32. The van der Waals surface area contributed by atoms with Crippen LogP contribution in [0.25, 0.3) is 0 Å². The van der Waals surface area contributed by atoms with Crippen molar-refractivity contribution in [2.75, 3.05) is 32.7 Å². The maximum Gasteiger partial charge on any atom is 0.243 e. The number of hydrogen-bond donors (Lipinski definition) is 1. The van der Waals surface area contributed by atoms with E-state index in [-0.39, 0.29) is 11.8 Å². The van der Waals surface area contributed by atoms with Crippen LogP contribution >= 0.6 is 0 Å². The van der Waals surface area contributed by atoms with Crippen molar-refractivity contribution in [1.29, 1.82) is 0 Å². The van der Waals surface area contributed by atoms with Crippen molar-refractivity contribution in [3.05, 3.63) is 29.8 Å². The van der Waals surface area contributed by atoms with Gasteiger partial charge in [0.1, 0.15) is 0 Å². The average molecular weight is 424 g/mol. The minimum Gasteiger partial charge on any atom is -0.354 e. The van der Waals surface area contributed by atoms with Gasteiger partial charge in [-0.3, -0.25) is 9.69 Å². The molecule has 1 fully saturated rings. The fourth-order valence-electron chi connectivity index (χ4n) is 3.90. The van der Waals surface area contributed by atoms with Crippen molar-refractivity contribution in [3.63, 3.8) is 0 Å². The molecule has 0 aromatic heterocycles. The van der Waals surface area contributed by atoms with Gasteiger partial charge >= 0.3 is 0 Å². The molecule has 1 heterocycles. The first kappa shape index (κ1) is 23.8. The number of piperidine rings is 1. The summed E-state index contributed by atoms with van der Waals surface area (Å²) in [7, 11) is -3.50. The second-order valence-corrected chi connectivity index (χ2v) is 10.2. The van der Waals surface area contributed by atoms with E-state index in [2.05, 4.69) is 44.8 Å². The fourth-order valence-corrected chi connectivity index (χ4v) is 5.37. The molecule has 0 bridgehead atoms. The predicted octanol–water partition coefficient (Wildman–Crippen LogP) is 3.06. The molecule has 1 atom stereocenters. The Labute approximate surface area is 176 Å². The lowest BCUT2D eigenvalue weighted by molar-refractivity contribution is -0.126. The Morgan fingerprint density at radius 3 is 2.14 bits per heavy atom. The summed E-state index contributed by atoms with van der Waals surface area (Å²) in [5.74, 6) is 0.293. The van der Waals surface area contributed by atoms with Crippen molar-refractivity contribution in [3.8, 4) is 0 Å². The van der Waals surface area contributed by atoms with Gasteiger partial charge in [0.15, 0.2) is 0 Å². The normalized spacial score (nSPS) is 17.6. The molecule has 0 aliphatic carbocycles. The molecular formula is C22H37N3O3S. The molecule has 1 saturated heterocycles. The molecule has 1 unspecified atom stereocenters. The van der Waals surface area contributed by atoms with Crippen LogP contribution in [0.1, 0.15) is 58.9 Å². The number of hydrogen-bond acceptors (Lipinski definition) is 4. The highest BCUT2D eigenvalue weighted by molar-refractivity contribution is 7.89. The third-order valence-corrected chi connectivity index (χ3v) is 7.93. The third-order valence-electron chi connectivity index (χ3n) is 6.02. The van der Waals surface area contributed by atoms with Gasteiger partial charge in [-0.25, -0.2) is 8.42 Å².